The van der Waals surface area contributed by atoms with Gasteiger partial charge in [-0.25, -0.2) is 0 Å². The van der Waals surface area contributed by atoms with Crippen molar-refractivity contribution in [3.63, 3.8) is 0 Å². The van der Waals surface area contributed by atoms with Crippen LogP contribution in [0.3, 0.4) is 0 Å². The number of hydrogen-bond donors (Lipinski definition) is 1. The van der Waals surface area contributed by atoms with Crippen LogP contribution in [0.4, 0.5) is 0 Å². The van der Waals surface area contributed by atoms with E-state index >= 15 is 0 Å². The number of aryl methyl sites for hydroxylation is 1. The van der Waals surface area contributed by atoms with E-state index in [9.17, 15) is 19.9 Å². The predicted octanol–water partition coefficient (Wildman–Crippen LogP) is 2.75. The standard InChI is InChI=1S/C20H25N3O7S/c1-12(24)27-11-16-17(28-13(2)25)18(22-23-21)20(19(31)29-16,30-14(3)26)10-9-15-7-5-4-6-8-15/h4-8,16-19,31H,9-11H2,1-3H3/t16-,17+,18+,19-,20-/m1/s1. The van der Waals surface area contributed by atoms with Crippen molar-refractivity contribution in [1.29, 1.82) is 0 Å². The van der Waals surface area contributed by atoms with Gasteiger partial charge in [-0.3, -0.25) is 14.4 Å². The summed E-state index contributed by atoms with van der Waals surface area (Å²) in [6, 6.07) is 8.22. The summed E-state index contributed by atoms with van der Waals surface area (Å²) in [4.78, 5) is 38.0. The first-order chi connectivity index (χ1) is 14.7. The number of hydrogen-bond acceptors (Lipinski definition) is 9. The minimum absolute atomic E-state index is 0.173. The van der Waals surface area contributed by atoms with Gasteiger partial charge < -0.3 is 18.9 Å². The minimum atomic E-state index is -1.54. The first kappa shape index (κ1) is 24.5. The van der Waals surface area contributed by atoms with E-state index in [4.69, 9.17) is 18.9 Å². The van der Waals surface area contributed by atoms with Crippen LogP contribution in [0.25, 0.3) is 10.4 Å². The molecule has 168 valence electrons. The fourth-order valence-corrected chi connectivity index (χ4v) is 4.05. The van der Waals surface area contributed by atoms with E-state index in [1.54, 1.807) is 0 Å². The average molecular weight is 452 g/mol. The van der Waals surface area contributed by atoms with Crippen molar-refractivity contribution in [3.05, 3.63) is 46.3 Å². The highest BCUT2D eigenvalue weighted by atomic mass is 32.1. The van der Waals surface area contributed by atoms with Crippen LogP contribution in [0.1, 0.15) is 32.8 Å². The Morgan fingerprint density at radius 3 is 2.39 bits per heavy atom. The van der Waals surface area contributed by atoms with Gasteiger partial charge in [0.15, 0.2) is 5.60 Å². The molecule has 0 unspecified atom stereocenters. The first-order valence-electron chi connectivity index (χ1n) is 9.61. The number of rotatable bonds is 8. The topological polar surface area (TPSA) is 137 Å². The Bertz CT molecular complexity index is 846. The molecule has 5 atom stereocenters. The molecule has 0 amide bonds. The molecule has 1 aliphatic rings. The van der Waals surface area contributed by atoms with Crippen LogP contribution < -0.4 is 0 Å². The second-order valence-corrected chi connectivity index (χ2v) is 7.56. The maximum Gasteiger partial charge on any atom is 0.303 e. The fourth-order valence-electron chi connectivity index (χ4n) is 3.56. The summed E-state index contributed by atoms with van der Waals surface area (Å²) >= 11 is 4.49. The molecule has 1 fully saturated rings. The lowest BCUT2D eigenvalue weighted by Gasteiger charge is -2.50. The molecule has 11 heteroatoms. The molecule has 0 bridgehead atoms. The highest BCUT2D eigenvalue weighted by molar-refractivity contribution is 7.80. The maximum atomic E-state index is 12.0. The summed E-state index contributed by atoms with van der Waals surface area (Å²) in [7, 11) is 0. The molecule has 1 heterocycles. The van der Waals surface area contributed by atoms with Crippen molar-refractivity contribution in [2.45, 2.75) is 62.9 Å². The van der Waals surface area contributed by atoms with Gasteiger partial charge in [-0.1, -0.05) is 35.4 Å². The first-order valence-corrected chi connectivity index (χ1v) is 10.1. The molecule has 0 aromatic heterocycles. The molecule has 0 N–H and O–H groups in total. The molecule has 0 spiro atoms. The number of nitrogens with zero attached hydrogens (tertiary/aromatic N) is 3. The quantitative estimate of drug-likeness (QED) is 0.160. The van der Waals surface area contributed by atoms with E-state index < -0.39 is 47.2 Å². The monoisotopic (exact) mass is 451 g/mol. The van der Waals surface area contributed by atoms with E-state index in [0.717, 1.165) is 5.56 Å². The van der Waals surface area contributed by atoms with Crippen molar-refractivity contribution in [2.24, 2.45) is 5.11 Å². The number of ether oxygens (including phenoxy) is 4. The lowest BCUT2D eigenvalue weighted by atomic mass is 9.81. The highest BCUT2D eigenvalue weighted by Gasteiger charge is 2.58. The van der Waals surface area contributed by atoms with E-state index in [0.29, 0.717) is 6.42 Å². The second-order valence-electron chi connectivity index (χ2n) is 7.09. The number of carbonyl (C=O) groups is 3. The lowest BCUT2D eigenvalue weighted by Crippen LogP contribution is -2.67. The van der Waals surface area contributed by atoms with Gasteiger partial charge in [0.25, 0.3) is 0 Å². The summed E-state index contributed by atoms with van der Waals surface area (Å²) in [6.07, 6.45) is -1.54. The Hall–Kier alpha value is -2.75. The Morgan fingerprint density at radius 2 is 1.84 bits per heavy atom. The third-order valence-corrected chi connectivity index (χ3v) is 5.37. The van der Waals surface area contributed by atoms with Crippen LogP contribution in [-0.4, -0.2) is 53.8 Å². The van der Waals surface area contributed by atoms with E-state index in [-0.39, 0.29) is 13.0 Å². The maximum absolute atomic E-state index is 12.0. The van der Waals surface area contributed by atoms with E-state index in [1.165, 1.54) is 20.8 Å². The van der Waals surface area contributed by atoms with Crippen LogP contribution in [0.5, 0.6) is 0 Å². The molecule has 1 aromatic rings. The van der Waals surface area contributed by atoms with Gasteiger partial charge in [-0.2, -0.15) is 0 Å². The largest absolute Gasteiger partial charge is 0.463 e. The van der Waals surface area contributed by atoms with Gasteiger partial charge in [-0.15, -0.1) is 12.6 Å². The molecule has 1 saturated heterocycles. The Balaban J connectivity index is 2.48. The fraction of sp³-hybridized carbons (Fsp3) is 0.550. The van der Waals surface area contributed by atoms with Crippen molar-refractivity contribution in [2.75, 3.05) is 6.61 Å². The van der Waals surface area contributed by atoms with Gasteiger partial charge in [0.1, 0.15) is 30.3 Å². The normalized spacial score (nSPS) is 27.5. The summed E-state index contributed by atoms with van der Waals surface area (Å²) in [5, 5.41) is 3.82. The zero-order chi connectivity index (χ0) is 23.0. The Morgan fingerprint density at radius 1 is 1.16 bits per heavy atom. The van der Waals surface area contributed by atoms with Crippen LogP contribution in [0, 0.1) is 0 Å². The van der Waals surface area contributed by atoms with Crippen LogP contribution in [-0.2, 0) is 39.8 Å². The highest BCUT2D eigenvalue weighted by Crippen LogP contribution is 2.42. The summed E-state index contributed by atoms with van der Waals surface area (Å²) < 4.78 is 21.9. The van der Waals surface area contributed by atoms with Crippen molar-refractivity contribution in [3.8, 4) is 0 Å². The van der Waals surface area contributed by atoms with Gasteiger partial charge in [-0.05, 0) is 23.9 Å². The molecule has 0 saturated carbocycles. The van der Waals surface area contributed by atoms with Gasteiger partial charge in [0.05, 0.1) is 0 Å². The van der Waals surface area contributed by atoms with Gasteiger partial charge >= 0.3 is 17.9 Å². The summed E-state index contributed by atoms with van der Waals surface area (Å²) in [5.74, 6) is -1.88. The van der Waals surface area contributed by atoms with Crippen molar-refractivity contribution in [1.82, 2.24) is 0 Å². The Labute approximate surface area is 185 Å². The number of benzene rings is 1. The van der Waals surface area contributed by atoms with Crippen LogP contribution in [0.15, 0.2) is 35.4 Å². The molecular formula is C20H25N3O7S. The molecule has 0 radical (unpaired) electrons. The van der Waals surface area contributed by atoms with Crippen LogP contribution >= 0.6 is 12.6 Å². The van der Waals surface area contributed by atoms with Crippen molar-refractivity contribution < 1.29 is 33.3 Å². The van der Waals surface area contributed by atoms with E-state index in [2.05, 4.69) is 22.7 Å². The Kier molecular flexibility index (Phi) is 8.73. The number of azide groups is 1. The predicted molar refractivity (Wildman–Crippen MR) is 112 cm³/mol. The SMILES string of the molecule is CC(=O)OC[C@H]1O[C@H](S)[C@](CCc2ccccc2)(OC(C)=O)[C@@H](N=[N+]=[N-])[C@H]1OC(C)=O. The van der Waals surface area contributed by atoms with E-state index in [1.807, 2.05) is 30.3 Å². The zero-order valence-electron chi connectivity index (χ0n) is 17.5. The molecular weight excluding hydrogens is 426 g/mol. The lowest BCUT2D eigenvalue weighted by molar-refractivity contribution is -0.231. The molecule has 0 aliphatic carbocycles. The van der Waals surface area contributed by atoms with Crippen LogP contribution in [0.2, 0.25) is 0 Å². The third kappa shape index (κ3) is 6.36. The number of thiol groups is 1. The molecule has 1 aromatic carbocycles. The van der Waals surface area contributed by atoms with Gasteiger partial charge in [0.2, 0.25) is 0 Å². The second kappa shape index (κ2) is 11.0. The third-order valence-electron chi connectivity index (χ3n) is 4.81. The smallest absolute Gasteiger partial charge is 0.303 e. The van der Waals surface area contributed by atoms with Gasteiger partial charge in [0, 0.05) is 25.7 Å². The summed E-state index contributed by atoms with van der Waals surface area (Å²) in [5.41, 5.74) is 7.59. The number of esters is 3. The van der Waals surface area contributed by atoms with Crippen molar-refractivity contribution >= 4 is 30.5 Å². The number of carbonyl (C=O) groups excluding carboxylic acids is 3. The zero-order valence-corrected chi connectivity index (χ0v) is 18.4. The molecule has 10 nitrogen and oxygen atoms in total. The molecule has 2 rings (SSSR count). The molecule has 1 aliphatic heterocycles. The summed E-state index contributed by atoms with van der Waals surface area (Å²) in [6.45, 7) is 3.34. The molecule has 31 heavy (non-hydrogen) atoms. The average Bonchev–Trinajstić information content (AvgIpc) is 2.70. The minimum Gasteiger partial charge on any atom is -0.463 e.